The number of hydrogen-bond acceptors (Lipinski definition) is 5. The third-order valence-electron chi connectivity index (χ3n) is 14.3. The maximum Gasteiger partial charge on any atom is 0.0778 e. The van der Waals surface area contributed by atoms with Crippen molar-refractivity contribution >= 4 is 0 Å². The minimum absolute atomic E-state index is 0.000813. The van der Waals surface area contributed by atoms with Gasteiger partial charge in [0, 0.05) is 16.7 Å². The lowest BCUT2D eigenvalue weighted by Gasteiger charge is -2.75. The molecule has 6 rings (SSSR count). The van der Waals surface area contributed by atoms with Crippen LogP contribution in [-0.4, -0.2) is 57.6 Å². The standard InChI is InChI=1S/C30H50O5/c1-24(2)13-20-29(22(33)14-24)17-35-30(20)12-8-19-25(3)10-9-21(32)26(4,16-31)18(25)7-11-27(19,5)28(30,6)15-23(29)34/h18-23,31-34H,7-17H2,1-6H3/t18-,19-,20-,21+,22+,23-,25+,26+,27-,28+,29-,30+/m1/s1. The fourth-order valence-corrected chi connectivity index (χ4v) is 12.2. The fraction of sp³-hybridized carbons (Fsp3) is 1.00. The summed E-state index contributed by atoms with van der Waals surface area (Å²) < 4.78 is 7.01. The van der Waals surface area contributed by atoms with Gasteiger partial charge in [0.2, 0.25) is 0 Å². The number of rotatable bonds is 1. The molecule has 1 heterocycles. The molecule has 0 aromatic rings. The van der Waals surface area contributed by atoms with E-state index in [4.69, 9.17) is 4.74 Å². The van der Waals surface area contributed by atoms with Gasteiger partial charge in [-0.1, -0.05) is 41.5 Å². The van der Waals surface area contributed by atoms with Crippen LogP contribution in [0.25, 0.3) is 0 Å². The zero-order valence-electron chi connectivity index (χ0n) is 22.9. The van der Waals surface area contributed by atoms with Gasteiger partial charge in [0.05, 0.1) is 42.5 Å². The molecule has 1 aliphatic heterocycles. The van der Waals surface area contributed by atoms with Crippen molar-refractivity contribution in [2.75, 3.05) is 13.2 Å². The highest BCUT2D eigenvalue weighted by atomic mass is 16.5. The monoisotopic (exact) mass is 490 g/mol. The summed E-state index contributed by atoms with van der Waals surface area (Å²) in [5.41, 5.74) is -1.36. The lowest BCUT2D eigenvalue weighted by molar-refractivity contribution is -0.306. The molecule has 5 saturated carbocycles. The molecule has 5 heteroatoms. The van der Waals surface area contributed by atoms with E-state index in [0.29, 0.717) is 24.9 Å². The second-order valence-corrected chi connectivity index (χ2v) is 15.8. The first-order valence-corrected chi connectivity index (χ1v) is 14.5. The van der Waals surface area contributed by atoms with Gasteiger partial charge >= 0.3 is 0 Å². The molecule has 6 fully saturated rings. The predicted molar refractivity (Wildman–Crippen MR) is 134 cm³/mol. The van der Waals surface area contributed by atoms with Gasteiger partial charge in [-0.15, -0.1) is 0 Å². The smallest absolute Gasteiger partial charge is 0.0778 e. The van der Waals surface area contributed by atoms with Crippen LogP contribution in [-0.2, 0) is 4.74 Å². The molecule has 6 aliphatic rings. The molecule has 5 aliphatic carbocycles. The van der Waals surface area contributed by atoms with E-state index in [9.17, 15) is 20.4 Å². The van der Waals surface area contributed by atoms with Crippen LogP contribution in [0.1, 0.15) is 99.3 Å². The molecule has 0 amide bonds. The topological polar surface area (TPSA) is 90.2 Å². The highest BCUT2D eigenvalue weighted by Crippen LogP contribution is 2.80. The van der Waals surface area contributed by atoms with Gasteiger partial charge in [-0.05, 0) is 85.9 Å². The average molecular weight is 491 g/mol. The molecular weight excluding hydrogens is 440 g/mol. The fourth-order valence-electron chi connectivity index (χ4n) is 12.2. The largest absolute Gasteiger partial charge is 0.396 e. The molecule has 0 aromatic heterocycles. The molecule has 0 unspecified atom stereocenters. The van der Waals surface area contributed by atoms with E-state index in [1.807, 2.05) is 0 Å². The molecule has 35 heavy (non-hydrogen) atoms. The van der Waals surface area contributed by atoms with Gasteiger partial charge < -0.3 is 25.2 Å². The van der Waals surface area contributed by atoms with Crippen molar-refractivity contribution in [2.24, 2.45) is 50.2 Å². The van der Waals surface area contributed by atoms with Gasteiger partial charge in [0.1, 0.15) is 0 Å². The number of hydrogen-bond donors (Lipinski definition) is 4. The SMILES string of the molecule is CC1(C)C[C@@H]2[C@]3(CO[C@@]24CC[C@@H]2[C@@]5(C)CC[C@H](O)[C@@](C)(CO)[C@@H]5CC[C@@]2(C)[C@]4(C)C[C@H]3O)[C@@H](O)C1. The number of aliphatic hydroxyl groups is 4. The van der Waals surface area contributed by atoms with Crippen LogP contribution in [0, 0.1) is 50.2 Å². The second-order valence-electron chi connectivity index (χ2n) is 15.8. The normalized spacial score (nSPS) is 62.9. The zero-order valence-corrected chi connectivity index (χ0v) is 22.9. The van der Waals surface area contributed by atoms with Crippen LogP contribution in [0.5, 0.6) is 0 Å². The van der Waals surface area contributed by atoms with Crippen LogP contribution >= 0.6 is 0 Å². The third kappa shape index (κ3) is 2.59. The number of ether oxygens (including phenoxy) is 1. The summed E-state index contributed by atoms with van der Waals surface area (Å²) in [6.07, 6.45) is 6.83. The third-order valence-corrected chi connectivity index (χ3v) is 14.3. The lowest BCUT2D eigenvalue weighted by Crippen LogP contribution is -2.75. The van der Waals surface area contributed by atoms with Crippen molar-refractivity contribution in [1.82, 2.24) is 0 Å². The predicted octanol–water partition coefficient (Wildman–Crippen LogP) is 4.30. The Morgan fingerprint density at radius 2 is 1.37 bits per heavy atom. The van der Waals surface area contributed by atoms with E-state index in [1.54, 1.807) is 0 Å². The van der Waals surface area contributed by atoms with Crippen LogP contribution < -0.4 is 0 Å². The summed E-state index contributed by atoms with van der Waals surface area (Å²) in [4.78, 5) is 0. The Morgan fingerprint density at radius 1 is 0.714 bits per heavy atom. The minimum Gasteiger partial charge on any atom is -0.396 e. The van der Waals surface area contributed by atoms with Crippen LogP contribution in [0.2, 0.25) is 0 Å². The maximum atomic E-state index is 11.9. The molecule has 4 N–H and O–H groups in total. The van der Waals surface area contributed by atoms with E-state index in [1.165, 1.54) is 0 Å². The quantitative estimate of drug-likeness (QED) is 0.440. The Bertz CT molecular complexity index is 905. The van der Waals surface area contributed by atoms with Gasteiger partial charge in [0.15, 0.2) is 0 Å². The van der Waals surface area contributed by atoms with E-state index in [2.05, 4.69) is 41.5 Å². The van der Waals surface area contributed by atoms with Crippen molar-refractivity contribution in [3.05, 3.63) is 0 Å². The average Bonchev–Trinajstić information content (AvgIpc) is 3.05. The van der Waals surface area contributed by atoms with E-state index in [-0.39, 0.29) is 39.8 Å². The molecular formula is C30H50O5. The van der Waals surface area contributed by atoms with Crippen LogP contribution in [0.3, 0.4) is 0 Å². The van der Waals surface area contributed by atoms with Crippen molar-refractivity contribution in [1.29, 1.82) is 0 Å². The van der Waals surface area contributed by atoms with Crippen LogP contribution in [0.15, 0.2) is 0 Å². The first kappa shape index (κ1) is 25.1. The van der Waals surface area contributed by atoms with Gasteiger partial charge in [-0.2, -0.15) is 0 Å². The molecule has 1 spiro atoms. The van der Waals surface area contributed by atoms with E-state index in [0.717, 1.165) is 51.4 Å². The zero-order chi connectivity index (χ0) is 25.4. The lowest BCUT2D eigenvalue weighted by atomic mass is 9.30. The minimum atomic E-state index is -0.545. The second kappa shape index (κ2) is 7.05. The molecule has 12 atom stereocenters. The Morgan fingerprint density at radius 3 is 2.06 bits per heavy atom. The number of aliphatic hydroxyl groups excluding tert-OH is 4. The van der Waals surface area contributed by atoms with E-state index >= 15 is 0 Å². The summed E-state index contributed by atoms with van der Waals surface area (Å²) in [5, 5.41) is 44.8. The van der Waals surface area contributed by atoms with Crippen molar-refractivity contribution < 1.29 is 25.2 Å². The summed E-state index contributed by atoms with van der Waals surface area (Å²) in [6.45, 7) is 14.6. The molecule has 200 valence electrons. The summed E-state index contributed by atoms with van der Waals surface area (Å²) in [7, 11) is 0. The molecule has 1 saturated heterocycles. The molecule has 5 nitrogen and oxygen atoms in total. The van der Waals surface area contributed by atoms with Crippen molar-refractivity contribution in [3.63, 3.8) is 0 Å². The Labute approximate surface area is 212 Å². The summed E-state index contributed by atoms with van der Waals surface area (Å²) >= 11 is 0. The first-order valence-electron chi connectivity index (χ1n) is 14.5. The highest BCUT2D eigenvalue weighted by Gasteiger charge is 2.81. The summed E-state index contributed by atoms with van der Waals surface area (Å²) in [5.74, 6) is 0.946. The first-order chi connectivity index (χ1) is 16.2. The maximum absolute atomic E-state index is 11.9. The Balaban J connectivity index is 1.46. The Kier molecular flexibility index (Phi) is 5.06. The van der Waals surface area contributed by atoms with Crippen molar-refractivity contribution in [3.8, 4) is 0 Å². The molecule has 2 bridgehead atoms. The van der Waals surface area contributed by atoms with Gasteiger partial charge in [-0.25, -0.2) is 0 Å². The van der Waals surface area contributed by atoms with Gasteiger partial charge in [0.25, 0.3) is 0 Å². The van der Waals surface area contributed by atoms with E-state index < -0.39 is 29.1 Å². The summed E-state index contributed by atoms with van der Waals surface area (Å²) in [6, 6.07) is 0. The van der Waals surface area contributed by atoms with Crippen molar-refractivity contribution in [2.45, 2.75) is 123 Å². The van der Waals surface area contributed by atoms with Gasteiger partial charge in [-0.3, -0.25) is 0 Å². The van der Waals surface area contributed by atoms with Crippen LogP contribution in [0.4, 0.5) is 0 Å². The molecule has 0 aromatic carbocycles. The highest BCUT2D eigenvalue weighted by molar-refractivity contribution is 5.29. The number of fused-ring (bicyclic) bond motifs is 4. The Hall–Kier alpha value is -0.200. The molecule has 0 radical (unpaired) electrons.